The number of hydrogen-bond donors (Lipinski definition) is 2. The maximum Gasteiger partial charge on any atom is 0.191 e. The van der Waals surface area contributed by atoms with Gasteiger partial charge in [0, 0.05) is 32.5 Å². The van der Waals surface area contributed by atoms with Crippen LogP contribution in [0.5, 0.6) is 5.75 Å². The quantitative estimate of drug-likeness (QED) is 0.261. The standard InChI is InChI=1S/C22H34N6OS/c1-5-23-21(25-14-18-13-17-9-6-7-10-19(17)29-18)24-12-8-11-20-26-27-22(30-4)28(20)15-16(2)3/h6-7,9-10,16,18H,5,8,11-15H2,1-4H3,(H2,23,24,25). The number of ether oxygens (including phenoxy) is 1. The van der Waals surface area contributed by atoms with Crippen molar-refractivity contribution in [3.63, 3.8) is 0 Å². The van der Waals surface area contributed by atoms with Gasteiger partial charge in [0.1, 0.15) is 17.7 Å². The number of thioether (sulfide) groups is 1. The van der Waals surface area contributed by atoms with Crippen LogP contribution in [0.25, 0.3) is 0 Å². The number of aryl methyl sites for hydroxylation is 1. The number of aliphatic imine (C=N–C) groups is 1. The molecule has 0 fully saturated rings. The molecule has 3 rings (SSSR count). The van der Waals surface area contributed by atoms with Crippen LogP contribution in [0.3, 0.4) is 0 Å². The molecule has 164 valence electrons. The minimum atomic E-state index is 0.109. The first-order valence-electron chi connectivity index (χ1n) is 10.8. The van der Waals surface area contributed by atoms with Crippen LogP contribution in [0.2, 0.25) is 0 Å². The monoisotopic (exact) mass is 430 g/mol. The molecule has 1 aliphatic heterocycles. The first-order valence-corrected chi connectivity index (χ1v) is 12.1. The summed E-state index contributed by atoms with van der Waals surface area (Å²) in [5.41, 5.74) is 1.27. The van der Waals surface area contributed by atoms with Crippen molar-refractivity contribution in [2.75, 3.05) is 25.9 Å². The van der Waals surface area contributed by atoms with Gasteiger partial charge in [-0.2, -0.15) is 0 Å². The molecule has 0 spiro atoms. The van der Waals surface area contributed by atoms with Gasteiger partial charge in [-0.25, -0.2) is 4.99 Å². The van der Waals surface area contributed by atoms with Crippen LogP contribution in [-0.4, -0.2) is 52.7 Å². The van der Waals surface area contributed by atoms with Crippen LogP contribution in [0, 0.1) is 5.92 Å². The van der Waals surface area contributed by atoms with Gasteiger partial charge >= 0.3 is 0 Å². The Labute approximate surface area is 184 Å². The number of para-hydroxylation sites is 1. The summed E-state index contributed by atoms with van der Waals surface area (Å²) in [6.07, 6.45) is 4.95. The van der Waals surface area contributed by atoms with Crippen molar-refractivity contribution in [1.29, 1.82) is 0 Å². The Hall–Kier alpha value is -2.22. The molecule has 0 bridgehead atoms. The summed E-state index contributed by atoms with van der Waals surface area (Å²) >= 11 is 1.66. The molecule has 0 amide bonds. The molecule has 30 heavy (non-hydrogen) atoms. The third-order valence-electron chi connectivity index (χ3n) is 4.90. The van der Waals surface area contributed by atoms with Gasteiger partial charge in [-0.3, -0.25) is 0 Å². The van der Waals surface area contributed by atoms with Gasteiger partial charge in [0.25, 0.3) is 0 Å². The lowest BCUT2D eigenvalue weighted by atomic mass is 10.1. The molecule has 1 aromatic carbocycles. The third kappa shape index (κ3) is 6.14. The summed E-state index contributed by atoms with van der Waals surface area (Å²) in [6.45, 7) is 9.79. The fourth-order valence-corrected chi connectivity index (χ4v) is 4.07. The van der Waals surface area contributed by atoms with Crippen LogP contribution < -0.4 is 15.4 Å². The smallest absolute Gasteiger partial charge is 0.191 e. The van der Waals surface area contributed by atoms with E-state index in [4.69, 9.17) is 9.73 Å². The minimum Gasteiger partial charge on any atom is -0.488 e. The molecule has 2 aromatic rings. The Morgan fingerprint density at radius 1 is 1.30 bits per heavy atom. The lowest BCUT2D eigenvalue weighted by Crippen LogP contribution is -2.38. The molecule has 0 radical (unpaired) electrons. The first-order chi connectivity index (χ1) is 14.6. The van der Waals surface area contributed by atoms with Crippen LogP contribution in [0.15, 0.2) is 34.4 Å². The summed E-state index contributed by atoms with van der Waals surface area (Å²) in [4.78, 5) is 4.73. The minimum absolute atomic E-state index is 0.109. The first kappa shape index (κ1) is 22.5. The molecule has 1 aromatic heterocycles. The Morgan fingerprint density at radius 3 is 2.87 bits per heavy atom. The molecule has 1 unspecified atom stereocenters. The lowest BCUT2D eigenvalue weighted by Gasteiger charge is -2.14. The van der Waals surface area contributed by atoms with Crippen molar-refractivity contribution < 1.29 is 4.74 Å². The fraction of sp³-hybridized carbons (Fsp3) is 0.591. The zero-order chi connectivity index (χ0) is 21.3. The van der Waals surface area contributed by atoms with Crippen LogP contribution in [0.4, 0.5) is 0 Å². The number of benzene rings is 1. The summed E-state index contributed by atoms with van der Waals surface area (Å²) in [5.74, 6) is 3.46. The highest BCUT2D eigenvalue weighted by Gasteiger charge is 2.22. The van der Waals surface area contributed by atoms with E-state index in [1.54, 1.807) is 11.8 Å². The second kappa shape index (κ2) is 11.2. The average Bonchev–Trinajstić information content (AvgIpc) is 3.32. The Balaban J connectivity index is 1.47. The second-order valence-electron chi connectivity index (χ2n) is 7.91. The topological polar surface area (TPSA) is 76.4 Å². The van der Waals surface area contributed by atoms with Crippen LogP contribution >= 0.6 is 11.8 Å². The molecule has 0 saturated heterocycles. The summed E-state index contributed by atoms with van der Waals surface area (Å²) < 4.78 is 8.25. The number of nitrogens with zero attached hydrogens (tertiary/aromatic N) is 4. The zero-order valence-corrected chi connectivity index (χ0v) is 19.3. The van der Waals surface area contributed by atoms with E-state index in [9.17, 15) is 0 Å². The maximum atomic E-state index is 5.99. The third-order valence-corrected chi connectivity index (χ3v) is 5.57. The summed E-state index contributed by atoms with van der Waals surface area (Å²) in [5, 5.41) is 16.5. The van der Waals surface area contributed by atoms with Crippen molar-refractivity contribution >= 4 is 17.7 Å². The van der Waals surface area contributed by atoms with Gasteiger partial charge in [0.2, 0.25) is 0 Å². The number of nitrogens with one attached hydrogen (secondary N) is 2. The van der Waals surface area contributed by atoms with Gasteiger partial charge in [0.15, 0.2) is 11.1 Å². The van der Waals surface area contributed by atoms with E-state index in [1.807, 2.05) is 12.1 Å². The SMILES string of the molecule is CCNC(=NCC1Cc2ccccc2O1)NCCCc1nnc(SC)n1CC(C)C. The number of rotatable bonds is 10. The number of aromatic nitrogens is 3. The van der Waals surface area contributed by atoms with E-state index in [2.05, 4.69) is 64.6 Å². The number of guanidine groups is 1. The van der Waals surface area contributed by atoms with E-state index in [0.717, 1.165) is 61.6 Å². The van der Waals surface area contributed by atoms with Crippen LogP contribution in [0.1, 0.15) is 38.6 Å². The van der Waals surface area contributed by atoms with Crippen molar-refractivity contribution in [2.45, 2.75) is 57.8 Å². The van der Waals surface area contributed by atoms with Gasteiger partial charge in [-0.1, -0.05) is 43.8 Å². The van der Waals surface area contributed by atoms with Gasteiger partial charge < -0.3 is 19.9 Å². The molecule has 1 aliphatic rings. The van der Waals surface area contributed by atoms with Gasteiger partial charge in [-0.05, 0) is 37.1 Å². The highest BCUT2D eigenvalue weighted by Crippen LogP contribution is 2.28. The largest absolute Gasteiger partial charge is 0.488 e. The van der Waals surface area contributed by atoms with Crippen molar-refractivity contribution in [2.24, 2.45) is 10.9 Å². The highest BCUT2D eigenvalue weighted by atomic mass is 32.2. The molecule has 0 aliphatic carbocycles. The average molecular weight is 431 g/mol. The molecular weight excluding hydrogens is 396 g/mol. The van der Waals surface area contributed by atoms with E-state index in [-0.39, 0.29) is 6.10 Å². The van der Waals surface area contributed by atoms with E-state index in [1.165, 1.54) is 5.56 Å². The van der Waals surface area contributed by atoms with Crippen molar-refractivity contribution in [1.82, 2.24) is 25.4 Å². The molecular formula is C22H34N6OS. The Bertz CT molecular complexity index is 810. The molecule has 8 heteroatoms. The van der Waals surface area contributed by atoms with Gasteiger partial charge in [0.05, 0.1) is 6.54 Å². The highest BCUT2D eigenvalue weighted by molar-refractivity contribution is 7.98. The van der Waals surface area contributed by atoms with Crippen LogP contribution in [-0.2, 0) is 19.4 Å². The predicted octanol–water partition coefficient (Wildman–Crippen LogP) is 3.15. The lowest BCUT2D eigenvalue weighted by molar-refractivity contribution is 0.241. The molecule has 2 N–H and O–H groups in total. The Kier molecular flexibility index (Phi) is 8.42. The number of hydrogen-bond acceptors (Lipinski definition) is 5. The van der Waals surface area contributed by atoms with E-state index in [0.29, 0.717) is 12.5 Å². The normalized spacial score (nSPS) is 15.9. The predicted molar refractivity (Wildman–Crippen MR) is 124 cm³/mol. The molecule has 7 nitrogen and oxygen atoms in total. The molecule has 2 heterocycles. The molecule has 0 saturated carbocycles. The molecule has 1 atom stereocenters. The van der Waals surface area contributed by atoms with E-state index < -0.39 is 0 Å². The van der Waals surface area contributed by atoms with Gasteiger partial charge in [-0.15, -0.1) is 10.2 Å². The Morgan fingerprint density at radius 2 is 2.13 bits per heavy atom. The maximum absolute atomic E-state index is 5.99. The second-order valence-corrected chi connectivity index (χ2v) is 8.68. The fourth-order valence-electron chi connectivity index (χ4n) is 3.55. The number of fused-ring (bicyclic) bond motifs is 1. The summed E-state index contributed by atoms with van der Waals surface area (Å²) in [6, 6.07) is 8.23. The van der Waals surface area contributed by atoms with Crippen molar-refractivity contribution in [3.05, 3.63) is 35.7 Å². The summed E-state index contributed by atoms with van der Waals surface area (Å²) in [7, 11) is 0. The van der Waals surface area contributed by atoms with E-state index >= 15 is 0 Å². The zero-order valence-electron chi connectivity index (χ0n) is 18.5. The van der Waals surface area contributed by atoms with Crippen molar-refractivity contribution in [3.8, 4) is 5.75 Å².